The second-order valence-electron chi connectivity index (χ2n) is 8.64. The molecule has 6 nitrogen and oxygen atoms in total. The Bertz CT molecular complexity index is 1280. The average Bonchev–Trinajstić information content (AvgIpc) is 3.54. The SMILES string of the molecule is CC(=O)NC(C)c1ccc2cn(-c3ccc(Oc4cccc(OCC5CC5)c4)cc3)nc2c1. The summed E-state index contributed by atoms with van der Waals surface area (Å²) < 4.78 is 13.7. The van der Waals surface area contributed by atoms with E-state index in [0.717, 1.165) is 46.0 Å². The van der Waals surface area contributed by atoms with E-state index in [1.165, 1.54) is 19.8 Å². The number of hydrogen-bond donors (Lipinski definition) is 1. The van der Waals surface area contributed by atoms with Crippen LogP contribution in [-0.2, 0) is 4.79 Å². The van der Waals surface area contributed by atoms with Crippen LogP contribution in [0, 0.1) is 5.92 Å². The number of hydrogen-bond acceptors (Lipinski definition) is 4. The van der Waals surface area contributed by atoms with Crippen molar-refractivity contribution in [3.05, 3.63) is 78.5 Å². The number of ether oxygens (including phenoxy) is 2. The number of carbonyl (C=O) groups is 1. The van der Waals surface area contributed by atoms with Gasteiger partial charge in [-0.05, 0) is 73.7 Å². The lowest BCUT2D eigenvalue weighted by molar-refractivity contribution is -0.119. The van der Waals surface area contributed by atoms with E-state index in [4.69, 9.17) is 14.6 Å². The summed E-state index contributed by atoms with van der Waals surface area (Å²) in [6.07, 6.45) is 4.54. The lowest BCUT2D eigenvalue weighted by Crippen LogP contribution is -2.23. The third-order valence-corrected chi connectivity index (χ3v) is 5.78. The van der Waals surface area contributed by atoms with Gasteiger partial charge in [-0.25, -0.2) is 4.68 Å². The largest absolute Gasteiger partial charge is 0.493 e. The number of rotatable bonds is 8. The van der Waals surface area contributed by atoms with Gasteiger partial charge in [0, 0.05) is 24.6 Å². The molecule has 1 aliphatic rings. The van der Waals surface area contributed by atoms with E-state index in [0.29, 0.717) is 5.92 Å². The van der Waals surface area contributed by atoms with Crippen LogP contribution < -0.4 is 14.8 Å². The first-order chi connectivity index (χ1) is 16.0. The number of aromatic nitrogens is 2. The molecule has 1 atom stereocenters. The van der Waals surface area contributed by atoms with Crippen LogP contribution in [0.2, 0.25) is 0 Å². The molecule has 0 bridgehead atoms. The zero-order valence-corrected chi connectivity index (χ0v) is 18.8. The van der Waals surface area contributed by atoms with E-state index >= 15 is 0 Å². The fraction of sp³-hybridized carbons (Fsp3) is 0.259. The standard InChI is InChI=1S/C27H27N3O3/c1-18(28-19(2)31)21-8-9-22-16-30(29-27(22)14-21)23-10-12-24(13-11-23)33-26-5-3-4-25(15-26)32-17-20-6-7-20/h3-5,8-16,18,20H,6-7,17H2,1-2H3,(H,28,31). The highest BCUT2D eigenvalue weighted by atomic mass is 16.5. The molecule has 1 unspecified atom stereocenters. The molecular formula is C27H27N3O3. The molecule has 0 saturated heterocycles. The second-order valence-corrected chi connectivity index (χ2v) is 8.64. The quantitative estimate of drug-likeness (QED) is 0.375. The van der Waals surface area contributed by atoms with E-state index < -0.39 is 0 Å². The van der Waals surface area contributed by atoms with Gasteiger partial charge >= 0.3 is 0 Å². The predicted octanol–water partition coefficient (Wildman–Crippen LogP) is 5.80. The fourth-order valence-electron chi connectivity index (χ4n) is 3.75. The third-order valence-electron chi connectivity index (χ3n) is 5.78. The summed E-state index contributed by atoms with van der Waals surface area (Å²) in [7, 11) is 0. The van der Waals surface area contributed by atoms with Gasteiger partial charge in [0.1, 0.15) is 17.2 Å². The minimum atomic E-state index is -0.0638. The van der Waals surface area contributed by atoms with Crippen molar-refractivity contribution >= 4 is 16.8 Å². The molecule has 0 radical (unpaired) electrons. The highest BCUT2D eigenvalue weighted by Gasteiger charge is 2.21. The first-order valence-corrected chi connectivity index (χ1v) is 11.3. The Balaban J connectivity index is 1.29. The summed E-state index contributed by atoms with van der Waals surface area (Å²) in [5.74, 6) is 3.01. The van der Waals surface area contributed by atoms with Crippen LogP contribution in [0.15, 0.2) is 72.9 Å². The van der Waals surface area contributed by atoms with Crippen LogP contribution >= 0.6 is 0 Å². The van der Waals surface area contributed by atoms with Crippen molar-refractivity contribution in [1.82, 2.24) is 15.1 Å². The lowest BCUT2D eigenvalue weighted by atomic mass is 10.1. The summed E-state index contributed by atoms with van der Waals surface area (Å²) in [6, 6.07) is 21.6. The highest BCUT2D eigenvalue weighted by Crippen LogP contribution is 2.31. The van der Waals surface area contributed by atoms with Gasteiger partial charge in [0.25, 0.3) is 0 Å². The van der Waals surface area contributed by atoms with Gasteiger partial charge < -0.3 is 14.8 Å². The maximum atomic E-state index is 11.3. The molecule has 0 aliphatic heterocycles. The van der Waals surface area contributed by atoms with E-state index in [2.05, 4.69) is 5.32 Å². The molecule has 1 fully saturated rings. The highest BCUT2D eigenvalue weighted by molar-refractivity contribution is 5.80. The summed E-state index contributed by atoms with van der Waals surface area (Å²) in [6.45, 7) is 4.27. The van der Waals surface area contributed by atoms with Gasteiger partial charge in [-0.2, -0.15) is 5.10 Å². The lowest BCUT2D eigenvalue weighted by Gasteiger charge is -2.12. The molecule has 6 heteroatoms. The third kappa shape index (κ3) is 5.17. The zero-order valence-electron chi connectivity index (χ0n) is 18.8. The molecule has 33 heavy (non-hydrogen) atoms. The Kier molecular flexibility index (Phi) is 5.73. The van der Waals surface area contributed by atoms with Crippen LogP contribution in [0.3, 0.4) is 0 Å². The zero-order chi connectivity index (χ0) is 22.8. The van der Waals surface area contributed by atoms with E-state index in [-0.39, 0.29) is 11.9 Å². The summed E-state index contributed by atoms with van der Waals surface area (Å²) in [5, 5.41) is 8.67. The Morgan fingerprint density at radius 2 is 1.85 bits per heavy atom. The number of carbonyl (C=O) groups excluding carboxylic acids is 1. The maximum absolute atomic E-state index is 11.3. The second kappa shape index (κ2) is 8.98. The molecule has 1 amide bonds. The van der Waals surface area contributed by atoms with Crippen LogP contribution in [0.1, 0.15) is 38.3 Å². The van der Waals surface area contributed by atoms with Gasteiger partial charge in [0.2, 0.25) is 5.91 Å². The number of benzene rings is 3. The Hall–Kier alpha value is -3.80. The molecule has 3 aromatic carbocycles. The molecule has 4 aromatic rings. The number of fused-ring (bicyclic) bond motifs is 1. The van der Waals surface area contributed by atoms with E-state index in [1.54, 1.807) is 0 Å². The topological polar surface area (TPSA) is 65.4 Å². The molecule has 1 saturated carbocycles. The van der Waals surface area contributed by atoms with E-state index in [1.807, 2.05) is 84.5 Å². The van der Waals surface area contributed by atoms with Gasteiger partial charge in [-0.1, -0.05) is 18.2 Å². The molecular weight excluding hydrogens is 414 g/mol. The molecule has 0 spiro atoms. The van der Waals surface area contributed by atoms with Crippen molar-refractivity contribution in [2.45, 2.75) is 32.7 Å². The van der Waals surface area contributed by atoms with Crippen molar-refractivity contribution in [3.63, 3.8) is 0 Å². The average molecular weight is 442 g/mol. The Morgan fingerprint density at radius 1 is 1.06 bits per heavy atom. The Labute approximate surface area is 193 Å². The molecule has 1 heterocycles. The van der Waals surface area contributed by atoms with Crippen molar-refractivity contribution in [1.29, 1.82) is 0 Å². The molecule has 1 N–H and O–H groups in total. The van der Waals surface area contributed by atoms with Gasteiger partial charge in [-0.15, -0.1) is 0 Å². The monoisotopic (exact) mass is 441 g/mol. The number of amides is 1. The van der Waals surface area contributed by atoms with Crippen molar-refractivity contribution in [3.8, 4) is 22.9 Å². The first kappa shape index (κ1) is 21.1. The van der Waals surface area contributed by atoms with Crippen molar-refractivity contribution < 1.29 is 14.3 Å². The normalized spacial score (nSPS) is 14.1. The van der Waals surface area contributed by atoms with Gasteiger partial charge in [0.05, 0.1) is 23.9 Å². The van der Waals surface area contributed by atoms with Gasteiger partial charge in [0.15, 0.2) is 0 Å². The smallest absolute Gasteiger partial charge is 0.217 e. The van der Waals surface area contributed by atoms with Crippen molar-refractivity contribution in [2.75, 3.05) is 6.61 Å². The predicted molar refractivity (Wildman–Crippen MR) is 128 cm³/mol. The van der Waals surface area contributed by atoms with Crippen LogP contribution in [0.5, 0.6) is 17.2 Å². The maximum Gasteiger partial charge on any atom is 0.217 e. The van der Waals surface area contributed by atoms with Gasteiger partial charge in [-0.3, -0.25) is 4.79 Å². The summed E-state index contributed by atoms with van der Waals surface area (Å²) in [5.41, 5.74) is 2.85. The molecule has 1 aliphatic carbocycles. The Morgan fingerprint density at radius 3 is 2.61 bits per heavy atom. The number of nitrogens with zero attached hydrogens (tertiary/aromatic N) is 2. The summed E-state index contributed by atoms with van der Waals surface area (Å²) in [4.78, 5) is 11.3. The van der Waals surface area contributed by atoms with Crippen LogP contribution in [-0.4, -0.2) is 22.3 Å². The van der Waals surface area contributed by atoms with E-state index in [9.17, 15) is 4.79 Å². The van der Waals surface area contributed by atoms with Crippen LogP contribution in [0.25, 0.3) is 16.6 Å². The molecule has 5 rings (SSSR count). The molecule has 168 valence electrons. The van der Waals surface area contributed by atoms with Crippen molar-refractivity contribution in [2.24, 2.45) is 5.92 Å². The minimum Gasteiger partial charge on any atom is -0.493 e. The minimum absolute atomic E-state index is 0.0482. The number of nitrogens with one attached hydrogen (secondary N) is 1. The first-order valence-electron chi connectivity index (χ1n) is 11.3. The van der Waals surface area contributed by atoms with Crippen LogP contribution in [0.4, 0.5) is 0 Å². The summed E-state index contributed by atoms with van der Waals surface area (Å²) >= 11 is 0. The fourth-order valence-corrected chi connectivity index (χ4v) is 3.75. The molecule has 1 aromatic heterocycles.